The van der Waals surface area contributed by atoms with E-state index >= 15 is 0 Å². The third-order valence-electron chi connectivity index (χ3n) is 6.66. The maximum Gasteiger partial charge on any atom is 0.283 e. The molecule has 3 amide bonds. The first-order valence-electron chi connectivity index (χ1n) is 11.4. The van der Waals surface area contributed by atoms with E-state index in [0.29, 0.717) is 30.0 Å². The van der Waals surface area contributed by atoms with Gasteiger partial charge in [-0.15, -0.1) is 0 Å². The Morgan fingerprint density at radius 3 is 2.34 bits per heavy atom. The number of anilines is 2. The molecule has 0 aliphatic carbocycles. The average molecular weight is 486 g/mol. The number of aryl methyl sites for hydroxylation is 1. The number of benzene rings is 3. The molecule has 2 aliphatic rings. The first-order chi connectivity index (χ1) is 16.8. The SMILES string of the molecule is Cc1cccc(N2C(=O)C(Cl)=C(Nc3ccc(C(=O)N4CCc5ccccc5C4)cc3)C2=O)c1C. The molecule has 2 heterocycles. The number of nitrogens with one attached hydrogen (secondary N) is 1. The lowest BCUT2D eigenvalue weighted by Crippen LogP contribution is -2.35. The Hall–Kier alpha value is -3.90. The van der Waals surface area contributed by atoms with Crippen LogP contribution in [0.25, 0.3) is 0 Å². The second kappa shape index (κ2) is 9.04. The quantitative estimate of drug-likeness (QED) is 0.531. The van der Waals surface area contributed by atoms with E-state index in [9.17, 15) is 14.4 Å². The summed E-state index contributed by atoms with van der Waals surface area (Å²) >= 11 is 6.28. The van der Waals surface area contributed by atoms with E-state index in [4.69, 9.17) is 11.6 Å². The predicted molar refractivity (Wildman–Crippen MR) is 136 cm³/mol. The fourth-order valence-electron chi connectivity index (χ4n) is 4.50. The maximum atomic E-state index is 13.1. The van der Waals surface area contributed by atoms with Crippen LogP contribution in [0.2, 0.25) is 0 Å². The van der Waals surface area contributed by atoms with Gasteiger partial charge in [-0.05, 0) is 72.9 Å². The summed E-state index contributed by atoms with van der Waals surface area (Å²) < 4.78 is 0. The Labute approximate surface area is 208 Å². The lowest BCUT2D eigenvalue weighted by Gasteiger charge is -2.29. The Kier molecular flexibility index (Phi) is 5.91. The van der Waals surface area contributed by atoms with Crippen molar-refractivity contribution < 1.29 is 14.4 Å². The van der Waals surface area contributed by atoms with Gasteiger partial charge >= 0.3 is 0 Å². The molecule has 0 fully saturated rings. The van der Waals surface area contributed by atoms with Crippen molar-refractivity contribution in [2.75, 3.05) is 16.8 Å². The van der Waals surface area contributed by atoms with Crippen molar-refractivity contribution in [3.05, 3.63) is 105 Å². The highest BCUT2D eigenvalue weighted by atomic mass is 35.5. The zero-order chi connectivity index (χ0) is 24.7. The summed E-state index contributed by atoms with van der Waals surface area (Å²) in [6, 6.07) is 20.5. The number of imide groups is 1. The molecule has 5 rings (SSSR count). The van der Waals surface area contributed by atoms with Crippen LogP contribution in [-0.2, 0) is 22.6 Å². The number of hydrogen-bond acceptors (Lipinski definition) is 4. The van der Waals surface area contributed by atoms with Gasteiger partial charge in [-0.25, -0.2) is 4.90 Å². The topological polar surface area (TPSA) is 69.7 Å². The number of amides is 3. The summed E-state index contributed by atoms with van der Waals surface area (Å²) in [4.78, 5) is 41.9. The molecule has 0 bridgehead atoms. The lowest BCUT2D eigenvalue weighted by molar-refractivity contribution is -0.120. The number of rotatable bonds is 4. The van der Waals surface area contributed by atoms with E-state index in [2.05, 4.69) is 17.4 Å². The summed E-state index contributed by atoms with van der Waals surface area (Å²) in [5, 5.41) is 2.81. The van der Waals surface area contributed by atoms with E-state index in [-0.39, 0.29) is 16.6 Å². The van der Waals surface area contributed by atoms with Gasteiger partial charge in [0.25, 0.3) is 17.7 Å². The molecule has 2 aliphatic heterocycles. The zero-order valence-corrected chi connectivity index (χ0v) is 20.2. The lowest BCUT2D eigenvalue weighted by atomic mass is 9.99. The number of carbonyl (C=O) groups excluding carboxylic acids is 3. The first-order valence-corrected chi connectivity index (χ1v) is 11.8. The predicted octanol–water partition coefficient (Wildman–Crippen LogP) is 4.94. The molecule has 176 valence electrons. The molecule has 0 saturated heterocycles. The van der Waals surface area contributed by atoms with Gasteiger partial charge in [0.05, 0.1) is 5.69 Å². The molecule has 0 atom stereocenters. The molecule has 6 nitrogen and oxygen atoms in total. The molecule has 0 saturated carbocycles. The van der Waals surface area contributed by atoms with E-state index in [0.717, 1.165) is 22.4 Å². The third-order valence-corrected chi connectivity index (χ3v) is 7.01. The molecule has 35 heavy (non-hydrogen) atoms. The fourth-order valence-corrected chi connectivity index (χ4v) is 4.71. The van der Waals surface area contributed by atoms with Gasteiger partial charge < -0.3 is 10.2 Å². The minimum Gasteiger partial charge on any atom is -0.350 e. The Morgan fingerprint density at radius 1 is 0.886 bits per heavy atom. The molecular formula is C28H24ClN3O3. The molecule has 3 aromatic rings. The highest BCUT2D eigenvalue weighted by molar-refractivity contribution is 6.53. The number of carbonyl (C=O) groups is 3. The summed E-state index contributed by atoms with van der Waals surface area (Å²) in [6.45, 7) is 5.04. The molecular weight excluding hydrogens is 462 g/mol. The summed E-state index contributed by atoms with van der Waals surface area (Å²) in [6.07, 6.45) is 0.835. The van der Waals surface area contributed by atoms with Crippen LogP contribution in [0.5, 0.6) is 0 Å². The maximum absolute atomic E-state index is 13.1. The van der Waals surface area contributed by atoms with Gasteiger partial charge in [0.1, 0.15) is 10.7 Å². The van der Waals surface area contributed by atoms with Crippen LogP contribution in [0.3, 0.4) is 0 Å². The molecule has 7 heteroatoms. The van der Waals surface area contributed by atoms with Crippen molar-refractivity contribution in [3.63, 3.8) is 0 Å². The number of fused-ring (bicyclic) bond motifs is 1. The Bertz CT molecular complexity index is 1390. The molecule has 0 unspecified atom stereocenters. The van der Waals surface area contributed by atoms with Crippen LogP contribution in [0.15, 0.2) is 77.5 Å². The van der Waals surface area contributed by atoms with Crippen molar-refractivity contribution in [3.8, 4) is 0 Å². The smallest absolute Gasteiger partial charge is 0.283 e. The Balaban J connectivity index is 1.31. The standard InChI is InChI=1S/C28H24ClN3O3/c1-17-6-5-9-23(18(17)2)32-27(34)24(29)25(28(32)35)30-22-12-10-20(11-13-22)26(33)31-15-14-19-7-3-4-8-21(19)16-31/h3-13,30H,14-16H2,1-2H3. The van der Waals surface area contributed by atoms with Crippen molar-refractivity contribution in [1.29, 1.82) is 0 Å². The first kappa shape index (κ1) is 22.9. The van der Waals surface area contributed by atoms with Crippen molar-refractivity contribution in [2.45, 2.75) is 26.8 Å². The normalized spacial score (nSPS) is 15.5. The van der Waals surface area contributed by atoms with Gasteiger partial charge in [-0.2, -0.15) is 0 Å². The fraction of sp³-hybridized carbons (Fsp3) is 0.179. The van der Waals surface area contributed by atoms with E-state index in [1.54, 1.807) is 36.4 Å². The highest BCUT2D eigenvalue weighted by Gasteiger charge is 2.39. The van der Waals surface area contributed by atoms with Crippen LogP contribution in [0, 0.1) is 13.8 Å². The summed E-state index contributed by atoms with van der Waals surface area (Å²) in [5.74, 6) is -1.12. The van der Waals surface area contributed by atoms with Crippen LogP contribution in [0.1, 0.15) is 32.6 Å². The van der Waals surface area contributed by atoms with E-state index in [1.165, 1.54) is 11.1 Å². The second-order valence-electron chi connectivity index (χ2n) is 8.80. The minimum absolute atomic E-state index is 0.0179. The molecule has 0 aromatic heterocycles. The van der Waals surface area contributed by atoms with Gasteiger partial charge in [-0.1, -0.05) is 48.0 Å². The highest BCUT2D eigenvalue weighted by Crippen LogP contribution is 2.33. The van der Waals surface area contributed by atoms with Gasteiger partial charge in [0.2, 0.25) is 0 Å². The largest absolute Gasteiger partial charge is 0.350 e. The molecule has 0 spiro atoms. The average Bonchev–Trinajstić information content (AvgIpc) is 3.08. The number of hydrogen-bond donors (Lipinski definition) is 1. The van der Waals surface area contributed by atoms with Crippen LogP contribution < -0.4 is 10.2 Å². The minimum atomic E-state index is -0.565. The zero-order valence-electron chi connectivity index (χ0n) is 19.5. The summed E-state index contributed by atoms with van der Waals surface area (Å²) in [5.41, 5.74) is 5.91. The van der Waals surface area contributed by atoms with Crippen molar-refractivity contribution in [1.82, 2.24) is 4.90 Å². The number of halogens is 1. The van der Waals surface area contributed by atoms with Crippen LogP contribution in [0.4, 0.5) is 11.4 Å². The molecule has 0 radical (unpaired) electrons. The third kappa shape index (κ3) is 4.10. The van der Waals surface area contributed by atoms with E-state index < -0.39 is 11.8 Å². The Morgan fingerprint density at radius 2 is 1.60 bits per heavy atom. The van der Waals surface area contributed by atoms with Gasteiger partial charge in [0, 0.05) is 24.3 Å². The second-order valence-corrected chi connectivity index (χ2v) is 9.18. The van der Waals surface area contributed by atoms with Crippen LogP contribution >= 0.6 is 11.6 Å². The monoisotopic (exact) mass is 485 g/mol. The van der Waals surface area contributed by atoms with Crippen molar-refractivity contribution >= 4 is 40.7 Å². The molecule has 3 aromatic carbocycles. The van der Waals surface area contributed by atoms with Crippen LogP contribution in [-0.4, -0.2) is 29.2 Å². The summed E-state index contributed by atoms with van der Waals surface area (Å²) in [7, 11) is 0. The molecule has 1 N–H and O–H groups in total. The van der Waals surface area contributed by atoms with Gasteiger partial charge in [-0.3, -0.25) is 14.4 Å². The van der Waals surface area contributed by atoms with Crippen molar-refractivity contribution in [2.24, 2.45) is 0 Å². The van der Waals surface area contributed by atoms with Gasteiger partial charge in [0.15, 0.2) is 0 Å². The number of nitrogens with zero attached hydrogens (tertiary/aromatic N) is 2. The van der Waals surface area contributed by atoms with E-state index in [1.807, 2.05) is 36.9 Å².